The summed E-state index contributed by atoms with van der Waals surface area (Å²) >= 11 is 2.90. The molecule has 0 radical (unpaired) electrons. The van der Waals surface area contributed by atoms with Gasteiger partial charge in [0.25, 0.3) is 0 Å². The number of anilines is 2. The molecule has 1 N–H and O–H groups in total. The van der Waals surface area contributed by atoms with Crippen molar-refractivity contribution in [2.75, 3.05) is 5.32 Å². The van der Waals surface area contributed by atoms with Gasteiger partial charge in [0.1, 0.15) is 0 Å². The van der Waals surface area contributed by atoms with Gasteiger partial charge < -0.3 is 5.32 Å². The third-order valence-corrected chi connectivity index (χ3v) is 6.03. The van der Waals surface area contributed by atoms with Gasteiger partial charge >= 0.3 is 0 Å². The van der Waals surface area contributed by atoms with E-state index in [1.807, 2.05) is 50.2 Å². The van der Waals surface area contributed by atoms with Crippen LogP contribution in [0.2, 0.25) is 0 Å². The van der Waals surface area contributed by atoms with Crippen LogP contribution in [0.3, 0.4) is 0 Å². The second-order valence-electron chi connectivity index (χ2n) is 6.04. The first kappa shape index (κ1) is 18.6. The van der Waals surface area contributed by atoms with E-state index in [1.54, 1.807) is 0 Å². The topological polar surface area (TPSA) is 54.9 Å². The fraction of sp³-hybridized carbons (Fsp3) is 0.250. The van der Waals surface area contributed by atoms with Gasteiger partial charge in [-0.05, 0) is 38.0 Å². The van der Waals surface area contributed by atoms with Crippen LogP contribution in [0.5, 0.6) is 0 Å². The third-order valence-electron chi connectivity index (χ3n) is 4.00. The average Bonchev–Trinajstić information content (AvgIpc) is 3.09. The zero-order chi connectivity index (χ0) is 18.5. The molecule has 134 valence electrons. The Morgan fingerprint density at radius 2 is 1.81 bits per heavy atom. The Kier molecular flexibility index (Phi) is 6.06. The highest BCUT2D eigenvalue weighted by Crippen LogP contribution is 2.31. The maximum atomic E-state index is 12.5. The molecule has 6 heteroatoms. The van der Waals surface area contributed by atoms with Crippen molar-refractivity contribution in [2.45, 2.75) is 36.8 Å². The van der Waals surface area contributed by atoms with Gasteiger partial charge in [-0.2, -0.15) is 0 Å². The number of carbonyl (C=O) groups excluding carboxylic acids is 1. The summed E-state index contributed by atoms with van der Waals surface area (Å²) < 4.78 is 0.783. The van der Waals surface area contributed by atoms with Gasteiger partial charge in [-0.25, -0.2) is 0 Å². The maximum Gasteiger partial charge on any atom is 0.210 e. The number of nitrogens with one attached hydrogen (secondary N) is 1. The van der Waals surface area contributed by atoms with Gasteiger partial charge in [0.2, 0.25) is 5.13 Å². The average molecular weight is 384 g/mol. The minimum atomic E-state index is -0.206. The molecule has 3 aromatic rings. The van der Waals surface area contributed by atoms with Crippen molar-refractivity contribution in [3.05, 3.63) is 65.2 Å². The van der Waals surface area contributed by atoms with Crippen molar-refractivity contribution >= 4 is 39.7 Å². The Morgan fingerprint density at radius 1 is 1.12 bits per heavy atom. The number of benzene rings is 2. The standard InChI is InChI=1S/C20H21N3OS2/c1-4-15-7-11-17(12-8-15)21-19-22-23-20(26-19)25-14(3)18(24)16-9-5-13(2)6-10-16/h5-12,14H,4H2,1-3H3,(H,21,22)/t14-/m1/s1. The number of aryl methyl sites for hydroxylation is 2. The van der Waals surface area contributed by atoms with Crippen LogP contribution in [0, 0.1) is 6.92 Å². The molecule has 0 aliphatic rings. The van der Waals surface area contributed by atoms with Gasteiger partial charge in [0, 0.05) is 11.3 Å². The summed E-state index contributed by atoms with van der Waals surface area (Å²) in [7, 11) is 0. The molecule has 4 nitrogen and oxygen atoms in total. The summed E-state index contributed by atoms with van der Waals surface area (Å²) in [6.07, 6.45) is 1.02. The Morgan fingerprint density at radius 3 is 2.46 bits per heavy atom. The largest absolute Gasteiger partial charge is 0.330 e. The minimum absolute atomic E-state index is 0.106. The number of hydrogen-bond donors (Lipinski definition) is 1. The van der Waals surface area contributed by atoms with Gasteiger partial charge in [-0.1, -0.05) is 72.0 Å². The number of hydrogen-bond acceptors (Lipinski definition) is 6. The lowest BCUT2D eigenvalue weighted by molar-refractivity contribution is 0.0994. The van der Waals surface area contributed by atoms with Crippen LogP contribution >= 0.6 is 23.1 Å². The Hall–Kier alpha value is -2.18. The van der Waals surface area contributed by atoms with E-state index in [4.69, 9.17) is 0 Å². The molecule has 0 saturated carbocycles. The van der Waals surface area contributed by atoms with Gasteiger partial charge in [0.05, 0.1) is 5.25 Å². The van der Waals surface area contributed by atoms with Crippen LogP contribution < -0.4 is 5.32 Å². The van der Waals surface area contributed by atoms with E-state index < -0.39 is 0 Å². The highest BCUT2D eigenvalue weighted by molar-refractivity contribution is 8.02. The SMILES string of the molecule is CCc1ccc(Nc2nnc(S[C@H](C)C(=O)c3ccc(C)cc3)s2)cc1. The van der Waals surface area contributed by atoms with Crippen molar-refractivity contribution < 1.29 is 4.79 Å². The molecule has 0 amide bonds. The minimum Gasteiger partial charge on any atom is -0.330 e. The van der Waals surface area contributed by atoms with Crippen LogP contribution in [0.4, 0.5) is 10.8 Å². The quantitative estimate of drug-likeness (QED) is 0.430. The summed E-state index contributed by atoms with van der Waals surface area (Å²) in [5, 5.41) is 12.2. The predicted molar refractivity (Wildman–Crippen MR) is 110 cm³/mol. The van der Waals surface area contributed by atoms with E-state index >= 15 is 0 Å². The molecule has 0 fully saturated rings. The first-order valence-corrected chi connectivity index (χ1v) is 10.2. The fourth-order valence-electron chi connectivity index (χ4n) is 2.41. The maximum absolute atomic E-state index is 12.5. The smallest absolute Gasteiger partial charge is 0.210 e. The number of rotatable bonds is 7. The lowest BCUT2D eigenvalue weighted by atomic mass is 10.1. The molecule has 1 aromatic heterocycles. The molecule has 0 bridgehead atoms. The molecule has 2 aromatic carbocycles. The zero-order valence-electron chi connectivity index (χ0n) is 15.0. The van der Waals surface area contributed by atoms with Crippen molar-refractivity contribution in [3.63, 3.8) is 0 Å². The second-order valence-corrected chi connectivity index (χ2v) is 8.60. The van der Waals surface area contributed by atoms with E-state index in [-0.39, 0.29) is 11.0 Å². The normalized spacial score (nSPS) is 12.0. The summed E-state index contributed by atoms with van der Waals surface area (Å²) in [5.41, 5.74) is 4.16. The van der Waals surface area contributed by atoms with E-state index in [0.717, 1.165) is 32.7 Å². The number of ketones is 1. The van der Waals surface area contributed by atoms with Crippen LogP contribution in [-0.2, 0) is 6.42 Å². The summed E-state index contributed by atoms with van der Waals surface area (Å²) in [4.78, 5) is 12.5. The lowest BCUT2D eigenvalue weighted by Crippen LogP contribution is -2.13. The number of aromatic nitrogens is 2. The van der Waals surface area contributed by atoms with E-state index in [9.17, 15) is 4.79 Å². The molecule has 0 saturated heterocycles. The number of Topliss-reactive ketones (excluding diaryl/α,β-unsaturated/α-hetero) is 1. The predicted octanol–water partition coefficient (Wildman–Crippen LogP) is 5.52. The fourth-order valence-corrected chi connectivity index (χ4v) is 4.41. The van der Waals surface area contributed by atoms with Crippen molar-refractivity contribution in [1.82, 2.24) is 10.2 Å². The zero-order valence-corrected chi connectivity index (χ0v) is 16.7. The van der Waals surface area contributed by atoms with Crippen LogP contribution in [-0.4, -0.2) is 21.2 Å². The number of carbonyl (C=O) groups is 1. The molecular weight excluding hydrogens is 362 g/mol. The summed E-state index contributed by atoms with van der Waals surface area (Å²) in [6.45, 7) is 6.05. The molecule has 0 aliphatic heterocycles. The first-order chi connectivity index (χ1) is 12.5. The van der Waals surface area contributed by atoms with Crippen LogP contribution in [0.25, 0.3) is 0 Å². The summed E-state index contributed by atoms with van der Waals surface area (Å²) in [5.74, 6) is 0.106. The van der Waals surface area contributed by atoms with Crippen LogP contribution in [0.1, 0.15) is 35.3 Å². The monoisotopic (exact) mass is 383 g/mol. The van der Waals surface area contributed by atoms with Crippen LogP contribution in [0.15, 0.2) is 52.9 Å². The highest BCUT2D eigenvalue weighted by atomic mass is 32.2. The molecular formula is C20H21N3OS2. The molecule has 3 rings (SSSR count). The number of thioether (sulfide) groups is 1. The molecule has 0 unspecified atom stereocenters. The third kappa shape index (κ3) is 4.71. The number of nitrogens with zero attached hydrogens (tertiary/aromatic N) is 2. The molecule has 1 atom stereocenters. The van der Waals surface area contributed by atoms with Crippen molar-refractivity contribution in [1.29, 1.82) is 0 Å². The lowest BCUT2D eigenvalue weighted by Gasteiger charge is -2.08. The highest BCUT2D eigenvalue weighted by Gasteiger charge is 2.18. The first-order valence-electron chi connectivity index (χ1n) is 8.52. The molecule has 0 aliphatic carbocycles. The van der Waals surface area contributed by atoms with Crippen molar-refractivity contribution in [3.8, 4) is 0 Å². The van der Waals surface area contributed by atoms with Crippen molar-refractivity contribution in [2.24, 2.45) is 0 Å². The molecule has 0 spiro atoms. The van der Waals surface area contributed by atoms with E-state index in [1.165, 1.54) is 28.7 Å². The molecule has 1 heterocycles. The van der Waals surface area contributed by atoms with Gasteiger partial charge in [-0.3, -0.25) is 4.79 Å². The van der Waals surface area contributed by atoms with E-state index in [2.05, 4.69) is 34.6 Å². The second kappa shape index (κ2) is 8.47. The van der Waals surface area contributed by atoms with Gasteiger partial charge in [0.15, 0.2) is 10.1 Å². The molecule has 26 heavy (non-hydrogen) atoms. The Labute approximate surface area is 162 Å². The Balaban J connectivity index is 1.61. The van der Waals surface area contributed by atoms with E-state index in [0.29, 0.717) is 0 Å². The van der Waals surface area contributed by atoms with Gasteiger partial charge in [-0.15, -0.1) is 10.2 Å². The summed E-state index contributed by atoms with van der Waals surface area (Å²) in [6, 6.07) is 15.9. The Bertz CT molecular complexity index is 873.